The zero-order valence-corrected chi connectivity index (χ0v) is 46.1. The Kier molecular flexibility index (Phi) is 55.7. The molecule has 0 fully saturated rings. The molecule has 0 rings (SSSR count). The van der Waals surface area contributed by atoms with Gasteiger partial charge in [-0.2, -0.15) is 0 Å². The highest BCUT2D eigenvalue weighted by molar-refractivity contribution is 5.71. The summed E-state index contributed by atoms with van der Waals surface area (Å²) in [6, 6.07) is 0. The minimum absolute atomic E-state index is 0.0753. The predicted molar refractivity (Wildman–Crippen MR) is 298 cm³/mol. The molecule has 6 nitrogen and oxygen atoms in total. The minimum Gasteiger partial charge on any atom is -0.462 e. The molecular formula is C63H114O6. The molecule has 0 aliphatic carbocycles. The van der Waals surface area contributed by atoms with Gasteiger partial charge in [-0.25, -0.2) is 0 Å². The number of unbranched alkanes of at least 4 members (excludes halogenated alkanes) is 36. The summed E-state index contributed by atoms with van der Waals surface area (Å²) >= 11 is 0. The van der Waals surface area contributed by atoms with Gasteiger partial charge in [-0.3, -0.25) is 14.4 Å². The number of hydrogen-bond acceptors (Lipinski definition) is 6. The summed E-state index contributed by atoms with van der Waals surface area (Å²) in [5.74, 6) is -0.876. The van der Waals surface area contributed by atoms with Crippen molar-refractivity contribution in [2.45, 2.75) is 322 Å². The Morgan fingerprint density at radius 2 is 0.551 bits per heavy atom. The van der Waals surface area contributed by atoms with Crippen LogP contribution in [0.4, 0.5) is 0 Å². The molecule has 0 bridgehead atoms. The fraction of sp³-hybridized carbons (Fsp3) is 0.825. The van der Waals surface area contributed by atoms with E-state index in [2.05, 4.69) is 69.4 Å². The summed E-state index contributed by atoms with van der Waals surface area (Å²) < 4.78 is 16.8. The van der Waals surface area contributed by atoms with Crippen LogP contribution in [0.2, 0.25) is 0 Å². The van der Waals surface area contributed by atoms with Crippen LogP contribution in [0.25, 0.3) is 0 Å². The van der Waals surface area contributed by atoms with Crippen molar-refractivity contribution in [1.29, 1.82) is 0 Å². The van der Waals surface area contributed by atoms with E-state index in [4.69, 9.17) is 14.2 Å². The quantitative estimate of drug-likeness (QED) is 0.0262. The molecular weight excluding hydrogens is 853 g/mol. The highest BCUT2D eigenvalue weighted by Crippen LogP contribution is 2.17. The third kappa shape index (κ3) is 56.2. The first kappa shape index (κ1) is 66.4. The van der Waals surface area contributed by atoms with Gasteiger partial charge < -0.3 is 14.2 Å². The van der Waals surface area contributed by atoms with E-state index >= 15 is 0 Å². The minimum atomic E-state index is -0.777. The van der Waals surface area contributed by atoms with Gasteiger partial charge in [0.15, 0.2) is 6.10 Å². The second kappa shape index (κ2) is 57.9. The van der Waals surface area contributed by atoms with Gasteiger partial charge in [0.25, 0.3) is 0 Å². The third-order valence-corrected chi connectivity index (χ3v) is 13.3. The van der Waals surface area contributed by atoms with E-state index in [9.17, 15) is 14.4 Å². The van der Waals surface area contributed by atoms with Gasteiger partial charge in [0.2, 0.25) is 0 Å². The van der Waals surface area contributed by atoms with Gasteiger partial charge in [-0.1, -0.05) is 268 Å². The van der Waals surface area contributed by atoms with Gasteiger partial charge >= 0.3 is 17.9 Å². The zero-order chi connectivity index (χ0) is 50.0. The number of ether oxygens (including phenoxy) is 3. The van der Waals surface area contributed by atoms with Gasteiger partial charge in [0.1, 0.15) is 13.2 Å². The number of allylic oxidation sites excluding steroid dienone is 8. The molecule has 0 radical (unpaired) electrons. The molecule has 402 valence electrons. The van der Waals surface area contributed by atoms with Crippen LogP contribution in [0, 0.1) is 0 Å². The molecule has 0 aromatic heterocycles. The average Bonchev–Trinajstić information content (AvgIpc) is 3.35. The highest BCUT2D eigenvalue weighted by Gasteiger charge is 2.19. The smallest absolute Gasteiger partial charge is 0.306 e. The van der Waals surface area contributed by atoms with Gasteiger partial charge in [-0.05, 0) is 77.0 Å². The molecule has 0 heterocycles. The van der Waals surface area contributed by atoms with Crippen LogP contribution in [0.1, 0.15) is 316 Å². The van der Waals surface area contributed by atoms with Crippen LogP contribution < -0.4 is 0 Å². The zero-order valence-electron chi connectivity index (χ0n) is 46.1. The molecule has 0 saturated heterocycles. The second-order valence-corrected chi connectivity index (χ2v) is 20.3. The number of hydrogen-bond donors (Lipinski definition) is 0. The Morgan fingerprint density at radius 1 is 0.290 bits per heavy atom. The summed E-state index contributed by atoms with van der Waals surface area (Å²) in [7, 11) is 0. The van der Waals surface area contributed by atoms with Crippen molar-refractivity contribution in [3.8, 4) is 0 Å². The Balaban J connectivity index is 4.16. The highest BCUT2D eigenvalue weighted by atomic mass is 16.6. The van der Waals surface area contributed by atoms with Crippen LogP contribution in [-0.2, 0) is 28.6 Å². The number of rotatable bonds is 55. The summed E-state index contributed by atoms with van der Waals surface area (Å²) in [6.45, 7) is 6.58. The predicted octanol–water partition coefficient (Wildman–Crippen LogP) is 20.2. The first-order valence-corrected chi connectivity index (χ1v) is 30.1. The third-order valence-electron chi connectivity index (χ3n) is 13.3. The SMILES string of the molecule is CCC/C=C\C/C=C\CCCCCCCC(=O)OC(COC(=O)CCCCCCCCCCCCC)COC(=O)CCCCCCCCCCCCCCCCC/C=C\C/C=C\CCCCCCC. The Bertz CT molecular complexity index is 1200. The molecule has 0 saturated carbocycles. The topological polar surface area (TPSA) is 78.9 Å². The fourth-order valence-corrected chi connectivity index (χ4v) is 8.75. The number of esters is 3. The summed E-state index contributed by atoms with van der Waals surface area (Å²) in [5, 5.41) is 0. The lowest BCUT2D eigenvalue weighted by Crippen LogP contribution is -2.30. The molecule has 0 aliphatic heterocycles. The van der Waals surface area contributed by atoms with Crippen LogP contribution >= 0.6 is 0 Å². The van der Waals surface area contributed by atoms with E-state index in [0.717, 1.165) is 96.3 Å². The lowest BCUT2D eigenvalue weighted by molar-refractivity contribution is -0.167. The fourth-order valence-electron chi connectivity index (χ4n) is 8.75. The molecule has 1 unspecified atom stereocenters. The van der Waals surface area contributed by atoms with Gasteiger partial charge in [-0.15, -0.1) is 0 Å². The maximum absolute atomic E-state index is 12.8. The maximum Gasteiger partial charge on any atom is 0.306 e. The van der Waals surface area contributed by atoms with Crippen LogP contribution in [-0.4, -0.2) is 37.2 Å². The van der Waals surface area contributed by atoms with E-state index in [1.807, 2.05) is 0 Å². The van der Waals surface area contributed by atoms with Crippen LogP contribution in [0.15, 0.2) is 48.6 Å². The van der Waals surface area contributed by atoms with E-state index in [1.165, 1.54) is 180 Å². The van der Waals surface area contributed by atoms with E-state index in [-0.39, 0.29) is 31.1 Å². The van der Waals surface area contributed by atoms with E-state index < -0.39 is 6.10 Å². The van der Waals surface area contributed by atoms with Crippen molar-refractivity contribution >= 4 is 17.9 Å². The molecule has 0 aliphatic rings. The standard InChI is InChI=1S/C63H114O6/c1-4-7-10-13-16-19-22-24-25-26-27-28-29-30-31-32-33-34-35-36-37-39-41-44-47-50-53-56-62(65)68-59-60(58-67-61(64)55-52-49-46-43-40-21-18-15-12-9-6-3)69-63(66)57-54-51-48-45-42-38-23-20-17-14-11-8-5-2/h11,14,20,22-24,26-27,60H,4-10,12-13,15-19,21,25,28-59H2,1-3H3/b14-11-,23-20-,24-22-,27-26-. The number of carbonyl (C=O) groups is 3. The van der Waals surface area contributed by atoms with Crippen molar-refractivity contribution in [3.05, 3.63) is 48.6 Å². The first-order chi connectivity index (χ1) is 34.0. The van der Waals surface area contributed by atoms with Gasteiger partial charge in [0.05, 0.1) is 0 Å². The Morgan fingerprint density at radius 3 is 0.855 bits per heavy atom. The molecule has 6 heteroatoms. The second-order valence-electron chi connectivity index (χ2n) is 20.3. The van der Waals surface area contributed by atoms with Crippen molar-refractivity contribution in [2.75, 3.05) is 13.2 Å². The van der Waals surface area contributed by atoms with E-state index in [1.54, 1.807) is 0 Å². The van der Waals surface area contributed by atoms with Crippen molar-refractivity contribution in [2.24, 2.45) is 0 Å². The Hall–Kier alpha value is -2.63. The van der Waals surface area contributed by atoms with Crippen molar-refractivity contribution < 1.29 is 28.6 Å². The summed E-state index contributed by atoms with van der Waals surface area (Å²) in [5.41, 5.74) is 0. The molecule has 0 aromatic rings. The largest absolute Gasteiger partial charge is 0.462 e. The maximum atomic E-state index is 12.8. The van der Waals surface area contributed by atoms with E-state index in [0.29, 0.717) is 19.3 Å². The average molecular weight is 968 g/mol. The molecule has 0 spiro atoms. The lowest BCUT2D eigenvalue weighted by Gasteiger charge is -2.18. The van der Waals surface area contributed by atoms with Gasteiger partial charge in [0, 0.05) is 19.3 Å². The van der Waals surface area contributed by atoms with Crippen molar-refractivity contribution in [3.63, 3.8) is 0 Å². The molecule has 0 aromatic carbocycles. The number of carbonyl (C=O) groups excluding carboxylic acids is 3. The summed E-state index contributed by atoms with van der Waals surface area (Å²) in [6.07, 6.45) is 71.2. The van der Waals surface area contributed by atoms with Crippen LogP contribution in [0.3, 0.4) is 0 Å². The monoisotopic (exact) mass is 967 g/mol. The Labute approximate surface area is 428 Å². The normalized spacial score (nSPS) is 12.3. The molecule has 1 atom stereocenters. The van der Waals surface area contributed by atoms with Crippen molar-refractivity contribution in [1.82, 2.24) is 0 Å². The lowest BCUT2D eigenvalue weighted by atomic mass is 10.0. The first-order valence-electron chi connectivity index (χ1n) is 30.1. The van der Waals surface area contributed by atoms with Crippen LogP contribution in [0.5, 0.6) is 0 Å². The molecule has 69 heavy (non-hydrogen) atoms. The molecule has 0 amide bonds. The summed E-state index contributed by atoms with van der Waals surface area (Å²) in [4.78, 5) is 38.1. The molecule has 0 N–H and O–H groups in total.